The average Bonchev–Trinajstić information content (AvgIpc) is 1.74. The van der Waals surface area contributed by atoms with Crippen LogP contribution in [0.5, 0.6) is 11.5 Å². The molecule has 1 aliphatic heterocycles. The molecule has 386 valence electrons. The molecule has 6 nitrogen and oxygen atoms in total. The van der Waals surface area contributed by atoms with Gasteiger partial charge in [0, 0.05) is 54.0 Å². The summed E-state index contributed by atoms with van der Waals surface area (Å²) >= 11 is 0. The van der Waals surface area contributed by atoms with E-state index in [4.69, 9.17) is 18.3 Å². The highest BCUT2D eigenvalue weighted by atomic mass is 16.5. The molecule has 0 spiro atoms. The van der Waals surface area contributed by atoms with Gasteiger partial charge in [0.2, 0.25) is 0 Å². The van der Waals surface area contributed by atoms with E-state index < -0.39 is 29.9 Å². The molecule has 77 heavy (non-hydrogen) atoms. The van der Waals surface area contributed by atoms with Gasteiger partial charge in [0.25, 0.3) is 0 Å². The molecule has 0 saturated heterocycles. The van der Waals surface area contributed by atoms with Crippen molar-refractivity contribution in [3.63, 3.8) is 0 Å². The van der Waals surface area contributed by atoms with Crippen LogP contribution in [0.3, 0.4) is 0 Å². The summed E-state index contributed by atoms with van der Waals surface area (Å²) in [5, 5.41) is 3.86. The molecule has 1 aliphatic rings. The van der Waals surface area contributed by atoms with E-state index in [9.17, 15) is 5.48 Å². The van der Waals surface area contributed by atoms with Gasteiger partial charge in [-0.3, -0.25) is 4.57 Å². The number of benzene rings is 8. The molecule has 4 heterocycles. The molecule has 8 aromatic carbocycles. The lowest BCUT2D eigenvalue weighted by molar-refractivity contribution is 0.411. The molecular formula is C71H70N4O2. The largest absolute Gasteiger partial charge is 0.457 e. The van der Waals surface area contributed by atoms with Gasteiger partial charge in [-0.2, -0.15) is 0 Å². The number of fused-ring (bicyclic) bond motifs is 8. The molecule has 0 unspecified atom stereocenters. The highest BCUT2D eigenvalue weighted by molar-refractivity contribution is 6.24. The van der Waals surface area contributed by atoms with Crippen molar-refractivity contribution in [1.29, 1.82) is 0 Å². The predicted molar refractivity (Wildman–Crippen MR) is 325 cm³/mol. The van der Waals surface area contributed by atoms with E-state index in [-0.39, 0.29) is 33.9 Å². The molecule has 0 bridgehead atoms. The number of nitrogens with zero attached hydrogens (tertiary/aromatic N) is 4. The maximum atomic E-state index is 9.36. The number of hydrogen-bond acceptors (Lipinski definition) is 5. The summed E-state index contributed by atoms with van der Waals surface area (Å²) in [6, 6.07) is 47.5. The Morgan fingerprint density at radius 3 is 1.91 bits per heavy atom. The Morgan fingerprint density at radius 1 is 0.558 bits per heavy atom. The zero-order valence-corrected chi connectivity index (χ0v) is 46.2. The van der Waals surface area contributed by atoms with Crippen molar-refractivity contribution < 1.29 is 18.7 Å². The van der Waals surface area contributed by atoms with Gasteiger partial charge in [-0.15, -0.1) is 0 Å². The number of ether oxygens (including phenoxy) is 1. The zero-order valence-electron chi connectivity index (χ0n) is 53.2. The van der Waals surface area contributed by atoms with Crippen LogP contribution in [0.15, 0.2) is 186 Å². The van der Waals surface area contributed by atoms with Crippen molar-refractivity contribution in [2.45, 2.75) is 106 Å². The number of aromatic nitrogens is 2. The molecule has 0 radical (unpaired) electrons. The summed E-state index contributed by atoms with van der Waals surface area (Å²) in [6.07, 6.45) is 0.0160. The van der Waals surface area contributed by atoms with Gasteiger partial charge in [-0.1, -0.05) is 180 Å². The first-order valence-electron chi connectivity index (χ1n) is 30.2. The SMILES string of the molecule is [2H]c1c([2H])c([2H])c(-c2cccc(-c3cc(C(C)(C)C)cc(C(C)(C)C)c3)c2N2CN(c3cc(Oc4ccc5c6c7oc8ccccc8c7ccc6n(-c6cc(C([2H])([2H])C(C)(C)C)ccn6)c5c4)cc(C(C)(C)C)c3)c3ccccc32)c([2H])c1[2H]. The summed E-state index contributed by atoms with van der Waals surface area (Å²) in [4.78, 5) is 9.41. The van der Waals surface area contributed by atoms with Gasteiger partial charge < -0.3 is 19.0 Å². The first-order valence-corrected chi connectivity index (χ1v) is 26.7. The van der Waals surface area contributed by atoms with Crippen LogP contribution < -0.4 is 14.5 Å². The number of pyridine rings is 1. The van der Waals surface area contributed by atoms with Crippen LogP contribution in [0.25, 0.3) is 71.8 Å². The lowest BCUT2D eigenvalue weighted by atomic mass is 9.78. The minimum atomic E-state index is -1.67. The standard InChI is InChI=1S/C71H70N4O2/c1-68(2,3)43-45-33-34-72-64(35-45)75-61-32-31-57-56-23-16-19-28-63(56)77-67(57)65(61)58-30-29-52(42-62(58)75)76-53-40-50(71(10,11)12)39-51(41-53)73-44-74(60-27-18-17-26-59(60)73)66-54(46-21-14-13-15-22-46)24-20-25-55(66)47-36-48(69(4,5)6)38-49(37-47)70(7,8)9/h13-42H,43-44H2,1-12H3/i13D,14D,15D,21D,22D,43D2. The third-order valence-corrected chi connectivity index (χ3v) is 14.8. The lowest BCUT2D eigenvalue weighted by Gasteiger charge is -2.30. The third kappa shape index (κ3) is 9.22. The number of furan rings is 1. The Labute approximate surface area is 464 Å². The average molecular weight is 1020 g/mol. The maximum absolute atomic E-state index is 9.36. The predicted octanol–water partition coefficient (Wildman–Crippen LogP) is 19.9. The van der Waals surface area contributed by atoms with Gasteiger partial charge in [0.1, 0.15) is 35.2 Å². The van der Waals surface area contributed by atoms with E-state index in [1.165, 1.54) is 0 Å². The van der Waals surface area contributed by atoms with E-state index in [1.807, 2.05) is 81.4 Å². The Hall–Kier alpha value is -8.09. The second kappa shape index (κ2) is 18.3. The van der Waals surface area contributed by atoms with E-state index in [0.717, 1.165) is 94.3 Å². The first kappa shape index (κ1) is 42.1. The fourth-order valence-electron chi connectivity index (χ4n) is 10.9. The topological polar surface area (TPSA) is 46.7 Å². The fourth-order valence-corrected chi connectivity index (χ4v) is 10.9. The number of hydrogen-bond donors (Lipinski definition) is 0. The molecular weight excluding hydrogens is 941 g/mol. The van der Waals surface area contributed by atoms with Crippen molar-refractivity contribution >= 4 is 66.5 Å². The third-order valence-electron chi connectivity index (χ3n) is 14.8. The second-order valence-electron chi connectivity index (χ2n) is 24.8. The van der Waals surface area contributed by atoms with Crippen molar-refractivity contribution in [2.24, 2.45) is 5.41 Å². The van der Waals surface area contributed by atoms with E-state index in [2.05, 4.69) is 156 Å². The summed E-state index contributed by atoms with van der Waals surface area (Å²) in [6.45, 7) is 25.9. The monoisotopic (exact) mass is 1020 g/mol. The Bertz CT molecular complexity index is 4430. The molecule has 0 amide bonds. The van der Waals surface area contributed by atoms with Gasteiger partial charge in [-0.05, 0) is 128 Å². The van der Waals surface area contributed by atoms with Crippen LogP contribution in [0.4, 0.5) is 22.7 Å². The molecule has 3 aromatic heterocycles. The molecule has 0 saturated carbocycles. The molecule has 12 rings (SSSR count). The Morgan fingerprint density at radius 2 is 1.21 bits per heavy atom. The smallest absolute Gasteiger partial charge is 0.145 e. The van der Waals surface area contributed by atoms with Crippen LogP contribution in [0.1, 0.15) is 115 Å². The molecule has 0 fully saturated rings. The van der Waals surface area contributed by atoms with Gasteiger partial charge in [0.15, 0.2) is 0 Å². The van der Waals surface area contributed by atoms with E-state index >= 15 is 0 Å². The quantitative estimate of drug-likeness (QED) is 0.152. The van der Waals surface area contributed by atoms with Crippen LogP contribution in [0.2, 0.25) is 0 Å². The first-order chi connectivity index (χ1) is 39.5. The molecule has 6 heteroatoms. The van der Waals surface area contributed by atoms with Gasteiger partial charge in [0.05, 0.1) is 40.3 Å². The Kier molecular flexibility index (Phi) is 10.00. The molecule has 11 aromatic rings. The molecule has 0 atom stereocenters. The second-order valence-corrected chi connectivity index (χ2v) is 24.8. The minimum absolute atomic E-state index is 0.134. The Balaban J connectivity index is 1.03. The van der Waals surface area contributed by atoms with Crippen molar-refractivity contribution in [3.8, 4) is 39.6 Å². The van der Waals surface area contributed by atoms with Gasteiger partial charge in [-0.25, -0.2) is 4.98 Å². The zero-order chi connectivity index (χ0) is 59.9. The van der Waals surface area contributed by atoms with E-state index in [0.29, 0.717) is 35.1 Å². The molecule has 0 aliphatic carbocycles. The van der Waals surface area contributed by atoms with Crippen molar-refractivity contribution in [3.05, 3.63) is 204 Å². The summed E-state index contributed by atoms with van der Waals surface area (Å²) < 4.78 is 79.4. The highest BCUT2D eigenvalue weighted by Crippen LogP contribution is 2.52. The van der Waals surface area contributed by atoms with Crippen molar-refractivity contribution in [2.75, 3.05) is 16.5 Å². The maximum Gasteiger partial charge on any atom is 0.145 e. The normalized spacial score (nSPS) is 14.9. The number of anilines is 4. The molecule has 0 N–H and O–H groups in total. The summed E-state index contributed by atoms with van der Waals surface area (Å²) in [5.41, 5.74) is 11.6. The number of rotatable bonds is 8. The fraction of sp³-hybridized carbons (Fsp3) is 0.254. The summed E-state index contributed by atoms with van der Waals surface area (Å²) in [5.74, 6) is 1.76. The van der Waals surface area contributed by atoms with E-state index in [1.54, 1.807) is 12.3 Å². The number of para-hydroxylation sites is 4. The lowest BCUT2D eigenvalue weighted by Crippen LogP contribution is -2.25. The summed E-state index contributed by atoms with van der Waals surface area (Å²) in [7, 11) is 0. The van der Waals surface area contributed by atoms with Crippen LogP contribution in [-0.2, 0) is 22.6 Å². The van der Waals surface area contributed by atoms with Crippen LogP contribution in [0, 0.1) is 5.41 Å². The highest BCUT2D eigenvalue weighted by Gasteiger charge is 2.33. The van der Waals surface area contributed by atoms with Crippen LogP contribution in [-0.4, -0.2) is 16.2 Å². The van der Waals surface area contributed by atoms with Gasteiger partial charge >= 0.3 is 0 Å². The van der Waals surface area contributed by atoms with Crippen LogP contribution >= 0.6 is 0 Å². The minimum Gasteiger partial charge on any atom is -0.457 e. The van der Waals surface area contributed by atoms with Crippen molar-refractivity contribution in [1.82, 2.24) is 9.55 Å².